The second-order valence-electron chi connectivity index (χ2n) is 4.41. The van der Waals surface area contributed by atoms with Crippen molar-refractivity contribution in [2.75, 3.05) is 0 Å². The molecule has 0 saturated carbocycles. The first-order valence-electron chi connectivity index (χ1n) is 6.45. The van der Waals surface area contributed by atoms with Gasteiger partial charge in [0.1, 0.15) is 5.01 Å². The first kappa shape index (κ1) is 14.8. The van der Waals surface area contributed by atoms with Gasteiger partial charge in [0.15, 0.2) is 0 Å². The zero-order valence-corrected chi connectivity index (χ0v) is 12.9. The predicted molar refractivity (Wildman–Crippen MR) is 84.8 cm³/mol. The lowest BCUT2D eigenvalue weighted by Crippen LogP contribution is -2.34. The molecule has 20 heavy (non-hydrogen) atoms. The summed E-state index contributed by atoms with van der Waals surface area (Å²) in [5, 5.41) is 9.81. The van der Waals surface area contributed by atoms with E-state index in [0.717, 1.165) is 29.1 Å². The molecule has 1 N–H and O–H groups in total. The zero-order chi connectivity index (χ0) is 14.4. The van der Waals surface area contributed by atoms with Gasteiger partial charge in [0.05, 0.1) is 18.2 Å². The Hall–Kier alpha value is -1.64. The maximum atomic E-state index is 11.9. The summed E-state index contributed by atoms with van der Waals surface area (Å²) >= 11 is 3.20. The van der Waals surface area contributed by atoms with Crippen LogP contribution in [0, 0.1) is 12.3 Å². The fourth-order valence-electron chi connectivity index (χ4n) is 1.80. The Kier molecular flexibility index (Phi) is 5.33. The summed E-state index contributed by atoms with van der Waals surface area (Å²) in [6, 6.07) is 1.85. The molecule has 104 valence electrons. The maximum Gasteiger partial charge on any atom is 0.227 e. The Morgan fingerprint density at radius 3 is 3.05 bits per heavy atom. The van der Waals surface area contributed by atoms with Crippen LogP contribution < -0.4 is 5.32 Å². The Morgan fingerprint density at radius 2 is 2.40 bits per heavy atom. The molecule has 0 radical (unpaired) electrons. The highest BCUT2D eigenvalue weighted by Crippen LogP contribution is 2.25. The SMILES string of the molecule is C#C[C@H](CCC)NC(=O)Cc1csc(-c2ccsc2)n1. The van der Waals surface area contributed by atoms with E-state index < -0.39 is 0 Å². The molecule has 2 aromatic heterocycles. The van der Waals surface area contributed by atoms with Crippen molar-refractivity contribution in [1.82, 2.24) is 10.3 Å². The van der Waals surface area contributed by atoms with Crippen molar-refractivity contribution in [2.24, 2.45) is 0 Å². The fourth-order valence-corrected chi connectivity index (χ4v) is 3.33. The van der Waals surface area contributed by atoms with Gasteiger partial charge in [-0.2, -0.15) is 11.3 Å². The third-order valence-electron chi connectivity index (χ3n) is 2.78. The number of nitrogens with zero attached hydrogens (tertiary/aromatic N) is 1. The Bertz CT molecular complexity index is 596. The molecule has 3 nitrogen and oxygen atoms in total. The second-order valence-corrected chi connectivity index (χ2v) is 6.05. The van der Waals surface area contributed by atoms with E-state index in [1.165, 1.54) is 0 Å². The monoisotopic (exact) mass is 304 g/mol. The van der Waals surface area contributed by atoms with Crippen LogP contribution in [-0.2, 0) is 11.2 Å². The summed E-state index contributed by atoms with van der Waals surface area (Å²) in [6.45, 7) is 2.05. The lowest BCUT2D eigenvalue weighted by atomic mass is 10.1. The first-order chi connectivity index (χ1) is 9.72. The molecule has 0 aliphatic heterocycles. The van der Waals surface area contributed by atoms with Crippen molar-refractivity contribution < 1.29 is 4.79 Å². The van der Waals surface area contributed by atoms with E-state index in [2.05, 4.69) is 21.6 Å². The number of carbonyl (C=O) groups is 1. The molecule has 2 heterocycles. The minimum atomic E-state index is -0.178. The van der Waals surface area contributed by atoms with Gasteiger partial charge in [-0.05, 0) is 17.9 Å². The summed E-state index contributed by atoms with van der Waals surface area (Å²) in [4.78, 5) is 16.4. The number of aromatic nitrogens is 1. The van der Waals surface area contributed by atoms with Gasteiger partial charge in [0.2, 0.25) is 5.91 Å². The van der Waals surface area contributed by atoms with Gasteiger partial charge in [0.25, 0.3) is 0 Å². The zero-order valence-electron chi connectivity index (χ0n) is 11.3. The Labute approximate surface area is 127 Å². The topological polar surface area (TPSA) is 42.0 Å². The molecule has 5 heteroatoms. The molecule has 1 amide bonds. The normalized spacial score (nSPS) is 11.8. The van der Waals surface area contributed by atoms with E-state index in [-0.39, 0.29) is 18.4 Å². The van der Waals surface area contributed by atoms with Crippen molar-refractivity contribution in [3.05, 3.63) is 27.9 Å². The standard InChI is InChI=1S/C15H16N2OS2/c1-3-5-12(4-2)16-14(18)8-13-10-20-15(17-13)11-6-7-19-9-11/h2,6-7,9-10,12H,3,5,8H2,1H3,(H,16,18)/t12-/m1/s1. The number of thiophene rings is 1. The van der Waals surface area contributed by atoms with Crippen molar-refractivity contribution in [3.8, 4) is 22.9 Å². The fraction of sp³-hybridized carbons (Fsp3) is 0.333. The van der Waals surface area contributed by atoms with Gasteiger partial charge in [-0.15, -0.1) is 17.8 Å². The summed E-state index contributed by atoms with van der Waals surface area (Å²) in [6.07, 6.45) is 7.43. The predicted octanol–water partition coefficient (Wildman–Crippen LogP) is 3.33. The van der Waals surface area contributed by atoms with Crippen LogP contribution in [0.2, 0.25) is 0 Å². The summed E-state index contributed by atoms with van der Waals surface area (Å²) in [5.41, 5.74) is 1.90. The number of amides is 1. The maximum absolute atomic E-state index is 11.9. The third-order valence-corrected chi connectivity index (χ3v) is 4.40. The number of carbonyl (C=O) groups excluding carboxylic acids is 1. The van der Waals surface area contributed by atoms with Crippen LogP contribution in [0.15, 0.2) is 22.2 Å². The van der Waals surface area contributed by atoms with Crippen molar-refractivity contribution in [1.29, 1.82) is 0 Å². The summed E-state index contributed by atoms with van der Waals surface area (Å²) in [5.74, 6) is 2.53. The molecule has 0 aliphatic carbocycles. The number of nitrogens with one attached hydrogen (secondary N) is 1. The number of terminal acetylenes is 1. The molecule has 0 saturated heterocycles. The lowest BCUT2D eigenvalue weighted by molar-refractivity contribution is -0.120. The van der Waals surface area contributed by atoms with Gasteiger partial charge < -0.3 is 5.32 Å². The minimum Gasteiger partial charge on any atom is -0.342 e. The minimum absolute atomic E-state index is 0.0661. The summed E-state index contributed by atoms with van der Waals surface area (Å²) < 4.78 is 0. The second kappa shape index (κ2) is 7.22. The smallest absolute Gasteiger partial charge is 0.227 e. The number of thiazole rings is 1. The number of hydrogen-bond acceptors (Lipinski definition) is 4. The largest absolute Gasteiger partial charge is 0.342 e. The average Bonchev–Trinajstić information content (AvgIpc) is 3.08. The van der Waals surface area contributed by atoms with Gasteiger partial charge in [-0.25, -0.2) is 4.98 Å². The molecule has 0 aliphatic rings. The van der Waals surface area contributed by atoms with Crippen LogP contribution in [0.5, 0.6) is 0 Å². The van der Waals surface area contributed by atoms with Gasteiger partial charge >= 0.3 is 0 Å². The molecule has 0 fully saturated rings. The third kappa shape index (κ3) is 3.92. The molecular formula is C15H16N2OS2. The van der Waals surface area contributed by atoms with E-state index in [9.17, 15) is 4.79 Å². The highest BCUT2D eigenvalue weighted by Gasteiger charge is 2.12. The van der Waals surface area contributed by atoms with E-state index in [4.69, 9.17) is 6.42 Å². The van der Waals surface area contributed by atoms with Crippen LogP contribution in [0.3, 0.4) is 0 Å². The molecule has 0 spiro atoms. The van der Waals surface area contributed by atoms with E-state index in [0.29, 0.717) is 0 Å². The first-order valence-corrected chi connectivity index (χ1v) is 8.27. The highest BCUT2D eigenvalue weighted by atomic mass is 32.1. The van der Waals surface area contributed by atoms with Crippen LogP contribution in [0.25, 0.3) is 10.6 Å². The van der Waals surface area contributed by atoms with Crippen molar-refractivity contribution in [3.63, 3.8) is 0 Å². The van der Waals surface area contributed by atoms with Crippen LogP contribution >= 0.6 is 22.7 Å². The average molecular weight is 304 g/mol. The van der Waals surface area contributed by atoms with E-state index in [1.54, 1.807) is 22.7 Å². The van der Waals surface area contributed by atoms with Crippen LogP contribution in [0.4, 0.5) is 0 Å². The lowest BCUT2D eigenvalue weighted by Gasteiger charge is -2.11. The molecule has 0 bridgehead atoms. The van der Waals surface area contributed by atoms with E-state index in [1.807, 2.05) is 23.8 Å². The quantitative estimate of drug-likeness (QED) is 0.832. The Balaban J connectivity index is 1.94. The molecule has 0 aromatic carbocycles. The van der Waals surface area contributed by atoms with Crippen LogP contribution in [0.1, 0.15) is 25.5 Å². The van der Waals surface area contributed by atoms with E-state index >= 15 is 0 Å². The van der Waals surface area contributed by atoms with Crippen LogP contribution in [-0.4, -0.2) is 16.9 Å². The number of rotatable bonds is 6. The number of hydrogen-bond donors (Lipinski definition) is 1. The van der Waals surface area contributed by atoms with Gasteiger partial charge in [-0.3, -0.25) is 4.79 Å². The Morgan fingerprint density at radius 1 is 1.55 bits per heavy atom. The van der Waals surface area contributed by atoms with Crippen molar-refractivity contribution in [2.45, 2.75) is 32.2 Å². The summed E-state index contributed by atoms with van der Waals surface area (Å²) in [7, 11) is 0. The molecular weight excluding hydrogens is 288 g/mol. The molecule has 0 unspecified atom stereocenters. The van der Waals surface area contributed by atoms with Gasteiger partial charge in [-0.1, -0.05) is 19.3 Å². The molecule has 1 atom stereocenters. The molecule has 2 aromatic rings. The highest BCUT2D eigenvalue weighted by molar-refractivity contribution is 7.14. The molecule has 2 rings (SSSR count). The van der Waals surface area contributed by atoms with Crippen molar-refractivity contribution >= 4 is 28.6 Å². The van der Waals surface area contributed by atoms with Gasteiger partial charge in [0, 0.05) is 16.3 Å².